The zero-order valence-corrected chi connectivity index (χ0v) is 15.3. The Labute approximate surface area is 142 Å². The molecule has 2 N–H and O–H groups in total. The van der Waals surface area contributed by atoms with Crippen molar-refractivity contribution in [1.29, 1.82) is 0 Å². The summed E-state index contributed by atoms with van der Waals surface area (Å²) in [5.74, 6) is 1.23. The predicted octanol–water partition coefficient (Wildman–Crippen LogP) is 3.79. The third-order valence-electron chi connectivity index (χ3n) is 5.23. The molecule has 1 aliphatic rings. The lowest BCUT2D eigenvalue weighted by molar-refractivity contribution is -0.127. The molecule has 0 saturated heterocycles. The van der Waals surface area contributed by atoms with E-state index in [0.717, 1.165) is 19.4 Å². The van der Waals surface area contributed by atoms with Crippen LogP contribution in [0.5, 0.6) is 0 Å². The lowest BCUT2D eigenvalue weighted by atomic mass is 9.78. The van der Waals surface area contributed by atoms with Crippen LogP contribution in [0.15, 0.2) is 0 Å². The molecule has 23 heavy (non-hydrogen) atoms. The third kappa shape index (κ3) is 8.38. The Hall–Kier alpha value is -1.06. The molecule has 0 bridgehead atoms. The van der Waals surface area contributed by atoms with Crippen LogP contribution < -0.4 is 10.6 Å². The molecule has 0 spiro atoms. The second-order valence-electron chi connectivity index (χ2n) is 7.21. The summed E-state index contributed by atoms with van der Waals surface area (Å²) in [5, 5.41) is 6.04. The minimum absolute atomic E-state index is 0.000650. The van der Waals surface area contributed by atoms with Gasteiger partial charge in [0.2, 0.25) is 11.8 Å². The topological polar surface area (TPSA) is 58.2 Å². The maximum absolute atomic E-state index is 12.0. The number of hydrogen-bond acceptors (Lipinski definition) is 2. The Kier molecular flexibility index (Phi) is 9.97. The van der Waals surface area contributed by atoms with Crippen LogP contribution in [0.2, 0.25) is 0 Å². The Morgan fingerprint density at radius 2 is 1.65 bits per heavy atom. The first-order chi connectivity index (χ1) is 11.0. The van der Waals surface area contributed by atoms with Gasteiger partial charge in [0.1, 0.15) is 0 Å². The van der Waals surface area contributed by atoms with Crippen molar-refractivity contribution >= 4 is 11.8 Å². The minimum Gasteiger partial charge on any atom is -0.356 e. The van der Waals surface area contributed by atoms with Gasteiger partial charge in [-0.3, -0.25) is 9.59 Å². The fourth-order valence-electron chi connectivity index (χ4n) is 3.34. The molecule has 0 aromatic carbocycles. The fraction of sp³-hybridized carbons (Fsp3) is 0.895. The van der Waals surface area contributed by atoms with E-state index in [2.05, 4.69) is 31.4 Å². The third-order valence-corrected chi connectivity index (χ3v) is 5.23. The Morgan fingerprint density at radius 1 is 0.957 bits per heavy atom. The van der Waals surface area contributed by atoms with E-state index in [4.69, 9.17) is 0 Å². The average Bonchev–Trinajstić information content (AvgIpc) is 2.53. The Balaban J connectivity index is 2.09. The molecule has 3 atom stereocenters. The number of carbonyl (C=O) groups excluding carboxylic acids is 2. The van der Waals surface area contributed by atoms with Crippen molar-refractivity contribution in [2.24, 2.45) is 11.8 Å². The molecular formula is C19H36N2O2. The maximum atomic E-state index is 12.0. The summed E-state index contributed by atoms with van der Waals surface area (Å²) in [6.45, 7) is 7.42. The molecule has 0 aromatic rings. The lowest BCUT2D eigenvalue weighted by Crippen LogP contribution is -2.43. The van der Waals surface area contributed by atoms with Crippen LogP contribution in [0.4, 0.5) is 0 Å². The van der Waals surface area contributed by atoms with Gasteiger partial charge in [0.25, 0.3) is 0 Å². The van der Waals surface area contributed by atoms with Crippen molar-refractivity contribution < 1.29 is 9.59 Å². The quantitative estimate of drug-likeness (QED) is 0.601. The van der Waals surface area contributed by atoms with Gasteiger partial charge in [-0.2, -0.15) is 0 Å². The first-order valence-electron chi connectivity index (χ1n) is 9.60. The number of carbonyl (C=O) groups is 2. The summed E-state index contributed by atoms with van der Waals surface area (Å²) in [6, 6.07) is 0.285. The summed E-state index contributed by atoms with van der Waals surface area (Å²) in [6.07, 6.45) is 10.1. The van der Waals surface area contributed by atoms with Crippen LogP contribution in [-0.4, -0.2) is 24.4 Å². The molecule has 1 aliphatic carbocycles. The molecule has 4 nitrogen and oxygen atoms in total. The summed E-state index contributed by atoms with van der Waals surface area (Å²) in [7, 11) is 0. The molecule has 0 aliphatic heterocycles. The molecule has 0 aromatic heterocycles. The first kappa shape index (κ1) is 20.0. The van der Waals surface area contributed by atoms with Crippen LogP contribution >= 0.6 is 0 Å². The molecule has 1 saturated carbocycles. The molecule has 1 fully saturated rings. The largest absolute Gasteiger partial charge is 0.356 e. The fourth-order valence-corrected chi connectivity index (χ4v) is 3.34. The molecule has 0 heterocycles. The molecule has 2 amide bonds. The smallest absolute Gasteiger partial charge is 0.220 e. The van der Waals surface area contributed by atoms with E-state index in [1.807, 2.05) is 0 Å². The molecule has 134 valence electrons. The van der Waals surface area contributed by atoms with Crippen molar-refractivity contribution in [3.63, 3.8) is 0 Å². The van der Waals surface area contributed by atoms with Gasteiger partial charge >= 0.3 is 0 Å². The summed E-state index contributed by atoms with van der Waals surface area (Å²) in [5.41, 5.74) is 0. The van der Waals surface area contributed by atoms with E-state index in [1.54, 1.807) is 0 Å². The van der Waals surface area contributed by atoms with E-state index in [1.165, 1.54) is 38.5 Å². The van der Waals surface area contributed by atoms with Crippen LogP contribution in [0.1, 0.15) is 85.0 Å². The van der Waals surface area contributed by atoms with E-state index in [0.29, 0.717) is 24.7 Å². The van der Waals surface area contributed by atoms with Crippen molar-refractivity contribution in [2.45, 2.75) is 91.0 Å². The van der Waals surface area contributed by atoms with Crippen molar-refractivity contribution in [2.75, 3.05) is 6.54 Å². The molecule has 3 unspecified atom stereocenters. The molecular weight excluding hydrogens is 288 g/mol. The number of hydrogen-bond donors (Lipinski definition) is 2. The highest BCUT2D eigenvalue weighted by Crippen LogP contribution is 2.29. The zero-order valence-electron chi connectivity index (χ0n) is 15.3. The predicted molar refractivity (Wildman–Crippen MR) is 95.1 cm³/mol. The lowest BCUT2D eigenvalue weighted by Gasteiger charge is -2.34. The van der Waals surface area contributed by atoms with Crippen LogP contribution in [0, 0.1) is 11.8 Å². The Bertz CT molecular complexity index is 357. The van der Waals surface area contributed by atoms with Crippen molar-refractivity contribution in [3.05, 3.63) is 0 Å². The molecule has 1 rings (SSSR count). The monoisotopic (exact) mass is 324 g/mol. The van der Waals surface area contributed by atoms with E-state index >= 15 is 0 Å². The second kappa shape index (κ2) is 11.5. The van der Waals surface area contributed by atoms with Gasteiger partial charge < -0.3 is 10.6 Å². The van der Waals surface area contributed by atoms with E-state index < -0.39 is 0 Å². The summed E-state index contributed by atoms with van der Waals surface area (Å²) in [4.78, 5) is 23.8. The van der Waals surface area contributed by atoms with Crippen LogP contribution in [0.3, 0.4) is 0 Å². The highest BCUT2D eigenvalue weighted by Gasteiger charge is 2.27. The van der Waals surface area contributed by atoms with Crippen LogP contribution in [0.25, 0.3) is 0 Å². The van der Waals surface area contributed by atoms with Gasteiger partial charge in [-0.25, -0.2) is 0 Å². The van der Waals surface area contributed by atoms with Crippen molar-refractivity contribution in [3.8, 4) is 0 Å². The number of amides is 2. The van der Waals surface area contributed by atoms with Gasteiger partial charge in [0.05, 0.1) is 0 Å². The van der Waals surface area contributed by atoms with Crippen LogP contribution in [-0.2, 0) is 9.59 Å². The second-order valence-corrected chi connectivity index (χ2v) is 7.21. The van der Waals surface area contributed by atoms with E-state index in [9.17, 15) is 9.59 Å². The van der Waals surface area contributed by atoms with Gasteiger partial charge in [-0.1, -0.05) is 59.3 Å². The van der Waals surface area contributed by atoms with Gasteiger partial charge in [0.15, 0.2) is 0 Å². The Morgan fingerprint density at radius 3 is 2.39 bits per heavy atom. The maximum Gasteiger partial charge on any atom is 0.220 e. The molecule has 0 radical (unpaired) electrons. The SMILES string of the molecule is CCCCCCCNC(=O)CCC(=O)NC1CCCC(C)C1C. The van der Waals surface area contributed by atoms with Gasteiger partial charge in [0, 0.05) is 25.4 Å². The highest BCUT2D eigenvalue weighted by atomic mass is 16.2. The number of nitrogens with one attached hydrogen (secondary N) is 2. The van der Waals surface area contributed by atoms with Crippen molar-refractivity contribution in [1.82, 2.24) is 10.6 Å². The van der Waals surface area contributed by atoms with E-state index in [-0.39, 0.29) is 17.9 Å². The highest BCUT2D eigenvalue weighted by molar-refractivity contribution is 5.83. The minimum atomic E-state index is 0.000650. The number of unbranched alkanes of at least 4 members (excludes halogenated alkanes) is 4. The standard InChI is InChI=1S/C19H36N2O2/c1-4-5-6-7-8-14-20-18(22)12-13-19(23)21-17-11-9-10-15(2)16(17)3/h15-17H,4-14H2,1-3H3,(H,20,22)(H,21,23). The number of rotatable bonds is 10. The summed E-state index contributed by atoms with van der Waals surface area (Å²) >= 11 is 0. The molecule has 4 heteroatoms. The first-order valence-corrected chi connectivity index (χ1v) is 9.60. The normalized spacial score (nSPS) is 24.2. The zero-order chi connectivity index (χ0) is 17.1. The average molecular weight is 325 g/mol. The van der Waals surface area contributed by atoms with Gasteiger partial charge in [-0.15, -0.1) is 0 Å². The van der Waals surface area contributed by atoms with Gasteiger partial charge in [-0.05, 0) is 24.7 Å². The summed E-state index contributed by atoms with van der Waals surface area (Å²) < 4.78 is 0.